The number of carbonyl (C=O) groups is 1. The molecule has 0 saturated carbocycles. The third kappa shape index (κ3) is 4.27. The maximum atomic E-state index is 13.2. The Morgan fingerprint density at radius 3 is 2.54 bits per heavy atom. The number of carbonyl (C=O) groups excluding carboxylic acids is 1. The minimum atomic E-state index is -4.76. The topological polar surface area (TPSA) is 66.5 Å². The van der Waals surface area contributed by atoms with Crippen molar-refractivity contribution in [1.82, 2.24) is 5.32 Å². The fraction of sp³-hybridized carbons (Fsp3) is 0.278. The number of anilines is 1. The number of rotatable bonds is 4. The van der Waals surface area contributed by atoms with Gasteiger partial charge in [0.15, 0.2) is 0 Å². The standard InChI is InChI=1S/C18H16F4N2O3S/c19-14-6-5-13(16(10-14)18(20,21)22)11-23-17(25)12-3-1-4-15(9-12)24-7-2-8-28(24,26)27/h1,3-6,9-10H,2,7-8,11H2,(H,23,25). The third-order valence-electron chi connectivity index (χ3n) is 4.31. The average Bonchev–Trinajstić information content (AvgIpc) is 2.99. The molecule has 0 spiro atoms. The Morgan fingerprint density at radius 2 is 1.89 bits per heavy atom. The molecule has 1 fully saturated rings. The first-order valence-corrected chi connectivity index (χ1v) is 9.93. The van der Waals surface area contributed by atoms with Gasteiger partial charge in [-0.25, -0.2) is 12.8 Å². The number of amides is 1. The van der Waals surface area contributed by atoms with Gasteiger partial charge in [0.05, 0.1) is 17.0 Å². The van der Waals surface area contributed by atoms with E-state index in [0.29, 0.717) is 24.7 Å². The van der Waals surface area contributed by atoms with Crippen LogP contribution in [0.15, 0.2) is 42.5 Å². The largest absolute Gasteiger partial charge is 0.416 e. The number of benzene rings is 2. The molecule has 1 heterocycles. The van der Waals surface area contributed by atoms with Crippen LogP contribution in [0.1, 0.15) is 27.9 Å². The minimum absolute atomic E-state index is 0.0220. The van der Waals surface area contributed by atoms with Gasteiger partial charge in [-0.3, -0.25) is 9.10 Å². The van der Waals surface area contributed by atoms with Crippen LogP contribution < -0.4 is 9.62 Å². The molecule has 0 aliphatic carbocycles. The van der Waals surface area contributed by atoms with Crippen LogP contribution >= 0.6 is 0 Å². The lowest BCUT2D eigenvalue weighted by Gasteiger charge is -2.18. The van der Waals surface area contributed by atoms with Crippen LogP contribution in [0, 0.1) is 5.82 Å². The van der Waals surface area contributed by atoms with E-state index in [2.05, 4.69) is 5.32 Å². The molecule has 0 radical (unpaired) electrons. The molecule has 1 aliphatic rings. The van der Waals surface area contributed by atoms with E-state index in [1.807, 2.05) is 0 Å². The lowest BCUT2D eigenvalue weighted by molar-refractivity contribution is -0.138. The Bertz CT molecular complexity index is 1010. The lowest BCUT2D eigenvalue weighted by Crippen LogP contribution is -2.27. The summed E-state index contributed by atoms with van der Waals surface area (Å²) in [6, 6.07) is 8.06. The van der Waals surface area contributed by atoms with Gasteiger partial charge in [-0.1, -0.05) is 12.1 Å². The first kappa shape index (κ1) is 20.1. The smallest absolute Gasteiger partial charge is 0.348 e. The van der Waals surface area contributed by atoms with Crippen molar-refractivity contribution < 1.29 is 30.8 Å². The zero-order valence-corrected chi connectivity index (χ0v) is 15.3. The molecule has 2 aromatic carbocycles. The Morgan fingerprint density at radius 1 is 1.14 bits per heavy atom. The first-order valence-electron chi connectivity index (χ1n) is 8.32. The maximum absolute atomic E-state index is 13.2. The van der Waals surface area contributed by atoms with E-state index >= 15 is 0 Å². The summed E-state index contributed by atoms with van der Waals surface area (Å²) < 4.78 is 77.5. The summed E-state index contributed by atoms with van der Waals surface area (Å²) in [5.74, 6) is -1.67. The van der Waals surface area contributed by atoms with Crippen LogP contribution in [0.2, 0.25) is 0 Å². The molecule has 10 heteroatoms. The molecule has 1 saturated heterocycles. The fourth-order valence-electron chi connectivity index (χ4n) is 2.98. The van der Waals surface area contributed by atoms with Crippen molar-refractivity contribution in [2.45, 2.75) is 19.1 Å². The Kier molecular flexibility index (Phi) is 5.33. The number of hydrogen-bond acceptors (Lipinski definition) is 3. The number of nitrogens with zero attached hydrogens (tertiary/aromatic N) is 1. The Balaban J connectivity index is 1.77. The van der Waals surface area contributed by atoms with E-state index in [9.17, 15) is 30.8 Å². The van der Waals surface area contributed by atoms with Gasteiger partial charge < -0.3 is 5.32 Å². The Hall–Kier alpha value is -2.62. The quantitative estimate of drug-likeness (QED) is 0.778. The predicted molar refractivity (Wildman–Crippen MR) is 94.8 cm³/mol. The molecule has 150 valence electrons. The van der Waals surface area contributed by atoms with E-state index in [0.717, 1.165) is 12.1 Å². The van der Waals surface area contributed by atoms with Crippen molar-refractivity contribution >= 4 is 21.6 Å². The Labute approximate surface area is 159 Å². The highest BCUT2D eigenvalue weighted by Crippen LogP contribution is 2.32. The third-order valence-corrected chi connectivity index (χ3v) is 6.18. The molecule has 1 N–H and O–H groups in total. The van der Waals surface area contributed by atoms with E-state index < -0.39 is 40.0 Å². The fourth-order valence-corrected chi connectivity index (χ4v) is 4.53. The van der Waals surface area contributed by atoms with E-state index in [1.165, 1.54) is 22.5 Å². The monoisotopic (exact) mass is 416 g/mol. The van der Waals surface area contributed by atoms with E-state index in [1.54, 1.807) is 6.07 Å². The number of sulfonamides is 1. The normalized spacial score (nSPS) is 16.2. The summed E-state index contributed by atoms with van der Waals surface area (Å²) in [7, 11) is -3.42. The van der Waals surface area contributed by atoms with Crippen molar-refractivity contribution in [2.75, 3.05) is 16.6 Å². The summed E-state index contributed by atoms with van der Waals surface area (Å²) in [6.45, 7) is -0.155. The van der Waals surface area contributed by atoms with Crippen LogP contribution in [-0.4, -0.2) is 26.6 Å². The molecule has 2 aromatic rings. The van der Waals surface area contributed by atoms with Gasteiger partial charge >= 0.3 is 6.18 Å². The zero-order chi connectivity index (χ0) is 20.5. The molecule has 5 nitrogen and oxygen atoms in total. The minimum Gasteiger partial charge on any atom is -0.348 e. The molecule has 28 heavy (non-hydrogen) atoms. The summed E-state index contributed by atoms with van der Waals surface area (Å²) in [5.41, 5.74) is -1.01. The molecular formula is C18H16F4N2O3S. The second kappa shape index (κ2) is 7.42. The van der Waals surface area contributed by atoms with Crippen LogP contribution in [0.3, 0.4) is 0 Å². The van der Waals surface area contributed by atoms with Crippen molar-refractivity contribution in [3.63, 3.8) is 0 Å². The zero-order valence-electron chi connectivity index (χ0n) is 14.5. The average molecular weight is 416 g/mol. The molecule has 3 rings (SSSR count). The van der Waals surface area contributed by atoms with E-state index in [-0.39, 0.29) is 16.9 Å². The summed E-state index contributed by atoms with van der Waals surface area (Å²) >= 11 is 0. The summed E-state index contributed by atoms with van der Waals surface area (Å²) in [5, 5.41) is 2.36. The van der Waals surface area contributed by atoms with Crippen LogP contribution in [0.4, 0.5) is 23.2 Å². The first-order chi connectivity index (χ1) is 13.1. The second-order valence-corrected chi connectivity index (χ2v) is 8.29. The van der Waals surface area contributed by atoms with E-state index in [4.69, 9.17) is 0 Å². The van der Waals surface area contributed by atoms with Crippen LogP contribution in [0.25, 0.3) is 0 Å². The highest BCUT2D eigenvalue weighted by Gasteiger charge is 2.34. The van der Waals surface area contributed by atoms with Gasteiger partial charge in [-0.2, -0.15) is 13.2 Å². The van der Waals surface area contributed by atoms with Gasteiger partial charge in [0.1, 0.15) is 5.82 Å². The SMILES string of the molecule is O=C(NCc1ccc(F)cc1C(F)(F)F)c1cccc(N2CCCS2(=O)=O)c1. The van der Waals surface area contributed by atoms with Gasteiger partial charge in [0, 0.05) is 18.7 Å². The van der Waals surface area contributed by atoms with Crippen molar-refractivity contribution in [1.29, 1.82) is 0 Å². The molecule has 0 atom stereocenters. The van der Waals surface area contributed by atoms with Crippen LogP contribution in [0.5, 0.6) is 0 Å². The predicted octanol–water partition coefficient (Wildman–Crippen LogP) is 3.31. The lowest BCUT2D eigenvalue weighted by atomic mass is 10.1. The van der Waals surface area contributed by atoms with Crippen LogP contribution in [-0.2, 0) is 22.7 Å². The molecule has 0 aromatic heterocycles. The second-order valence-electron chi connectivity index (χ2n) is 6.27. The molecule has 0 bridgehead atoms. The summed E-state index contributed by atoms with van der Waals surface area (Å²) in [6.07, 6.45) is -4.28. The number of nitrogens with one attached hydrogen (secondary N) is 1. The van der Waals surface area contributed by atoms with Crippen molar-refractivity contribution in [2.24, 2.45) is 0 Å². The summed E-state index contributed by atoms with van der Waals surface area (Å²) in [4.78, 5) is 12.3. The number of hydrogen-bond donors (Lipinski definition) is 1. The molecule has 0 unspecified atom stereocenters. The van der Waals surface area contributed by atoms with Crippen molar-refractivity contribution in [3.05, 3.63) is 65.0 Å². The highest BCUT2D eigenvalue weighted by atomic mass is 32.2. The molecular weight excluding hydrogens is 400 g/mol. The van der Waals surface area contributed by atoms with Gasteiger partial charge in [0.2, 0.25) is 10.0 Å². The maximum Gasteiger partial charge on any atom is 0.416 e. The van der Waals surface area contributed by atoms with Gasteiger partial charge in [0.25, 0.3) is 5.91 Å². The molecule has 1 amide bonds. The van der Waals surface area contributed by atoms with Gasteiger partial charge in [-0.15, -0.1) is 0 Å². The van der Waals surface area contributed by atoms with Crippen molar-refractivity contribution in [3.8, 4) is 0 Å². The highest BCUT2D eigenvalue weighted by molar-refractivity contribution is 7.93. The number of halogens is 4. The number of alkyl halides is 3. The molecule has 1 aliphatic heterocycles. The van der Waals surface area contributed by atoms with Gasteiger partial charge in [-0.05, 0) is 42.3 Å².